The maximum absolute atomic E-state index is 11.5. The summed E-state index contributed by atoms with van der Waals surface area (Å²) in [7, 11) is 0. The van der Waals surface area contributed by atoms with Gasteiger partial charge < -0.3 is 15.4 Å². The van der Waals surface area contributed by atoms with E-state index in [1.165, 1.54) is 13.0 Å². The Morgan fingerprint density at radius 3 is 2.84 bits per heavy atom. The van der Waals surface area contributed by atoms with Gasteiger partial charge in [0.15, 0.2) is 0 Å². The topological polar surface area (TPSA) is 84.5 Å². The number of hydrogen-bond acceptors (Lipinski definition) is 4. The van der Waals surface area contributed by atoms with Gasteiger partial charge in [0.25, 0.3) is 0 Å². The van der Waals surface area contributed by atoms with E-state index in [9.17, 15) is 14.4 Å². The van der Waals surface area contributed by atoms with Crippen molar-refractivity contribution in [1.29, 1.82) is 0 Å². The number of hydrogen-bond donors (Lipinski definition) is 2. The number of nitrogens with one attached hydrogen (secondary N) is 2. The van der Waals surface area contributed by atoms with Crippen LogP contribution < -0.4 is 10.6 Å². The molecule has 1 saturated heterocycles. The summed E-state index contributed by atoms with van der Waals surface area (Å²) in [4.78, 5) is 33.8. The number of carbonyl (C=O) groups excluding carboxylic acids is 3. The van der Waals surface area contributed by atoms with Crippen LogP contribution in [0.5, 0.6) is 0 Å². The Morgan fingerprint density at radius 2 is 2.32 bits per heavy atom. The minimum absolute atomic E-state index is 0.000105. The lowest BCUT2D eigenvalue weighted by Crippen LogP contribution is -2.35. The van der Waals surface area contributed by atoms with Gasteiger partial charge >= 0.3 is 5.97 Å². The number of ether oxygens (including phenoxy) is 1. The molecule has 1 aliphatic rings. The molecule has 0 bridgehead atoms. The number of amides is 2. The highest BCUT2D eigenvalue weighted by atomic mass is 16.5. The van der Waals surface area contributed by atoms with Gasteiger partial charge in [-0.25, -0.2) is 4.79 Å². The quantitative estimate of drug-likeness (QED) is 0.530. The van der Waals surface area contributed by atoms with Gasteiger partial charge in [-0.1, -0.05) is 6.08 Å². The molecule has 0 aromatic rings. The molecule has 6 nitrogen and oxygen atoms in total. The van der Waals surface area contributed by atoms with Gasteiger partial charge in [-0.2, -0.15) is 0 Å². The van der Waals surface area contributed by atoms with Gasteiger partial charge in [0.1, 0.15) is 0 Å². The van der Waals surface area contributed by atoms with Crippen LogP contribution in [-0.4, -0.2) is 37.0 Å². The molecule has 0 aromatic carbocycles. The predicted molar refractivity (Wildman–Crippen MR) is 69.1 cm³/mol. The molecule has 1 rings (SSSR count). The van der Waals surface area contributed by atoms with Crippen LogP contribution in [0.4, 0.5) is 0 Å². The fourth-order valence-corrected chi connectivity index (χ4v) is 2.01. The molecule has 2 atom stereocenters. The van der Waals surface area contributed by atoms with Crippen LogP contribution in [0.25, 0.3) is 0 Å². The molecule has 2 amide bonds. The third-order valence-electron chi connectivity index (χ3n) is 2.84. The molecule has 2 unspecified atom stereocenters. The minimum atomic E-state index is -0.450. The van der Waals surface area contributed by atoms with Crippen molar-refractivity contribution in [1.82, 2.24) is 10.6 Å². The lowest BCUT2D eigenvalue weighted by molar-refractivity contribution is -0.137. The van der Waals surface area contributed by atoms with E-state index in [1.54, 1.807) is 13.0 Å². The van der Waals surface area contributed by atoms with E-state index in [2.05, 4.69) is 10.6 Å². The Labute approximate surface area is 112 Å². The second-order valence-corrected chi connectivity index (χ2v) is 4.43. The monoisotopic (exact) mass is 268 g/mol. The summed E-state index contributed by atoms with van der Waals surface area (Å²) >= 11 is 0. The van der Waals surface area contributed by atoms with Crippen molar-refractivity contribution in [2.45, 2.75) is 32.7 Å². The van der Waals surface area contributed by atoms with Crippen molar-refractivity contribution >= 4 is 17.8 Å². The number of rotatable bonds is 6. The van der Waals surface area contributed by atoms with Gasteiger partial charge in [-0.3, -0.25) is 9.59 Å². The standard InChI is InChI=1S/C13H20N2O4/c1-3-19-12(17)5-4-11(15-9(2)16)8-10-6-7-14-13(10)18/h4-5,10-11H,3,6-8H2,1-2H3,(H,14,18)(H,15,16)/b5-4+. The summed E-state index contributed by atoms with van der Waals surface area (Å²) in [5, 5.41) is 5.46. The predicted octanol–water partition coefficient (Wildman–Crippen LogP) is 0.137. The Morgan fingerprint density at radius 1 is 1.58 bits per heavy atom. The minimum Gasteiger partial charge on any atom is -0.463 e. The summed E-state index contributed by atoms with van der Waals surface area (Å²) in [5.74, 6) is -0.769. The van der Waals surface area contributed by atoms with E-state index in [-0.39, 0.29) is 23.8 Å². The lowest BCUT2D eigenvalue weighted by atomic mass is 9.98. The number of esters is 1. The number of carbonyl (C=O) groups is 3. The van der Waals surface area contributed by atoms with Crippen LogP contribution in [0, 0.1) is 5.92 Å². The second kappa shape index (κ2) is 7.56. The highest BCUT2D eigenvalue weighted by Crippen LogP contribution is 2.16. The molecule has 1 aliphatic heterocycles. The average Bonchev–Trinajstić information content (AvgIpc) is 2.72. The zero-order chi connectivity index (χ0) is 14.3. The van der Waals surface area contributed by atoms with E-state index in [0.29, 0.717) is 19.6 Å². The normalized spacial score (nSPS) is 20.1. The summed E-state index contributed by atoms with van der Waals surface area (Å²) in [6.45, 7) is 4.09. The molecular formula is C13H20N2O4. The van der Waals surface area contributed by atoms with Gasteiger partial charge in [0, 0.05) is 31.5 Å². The van der Waals surface area contributed by atoms with Crippen LogP contribution in [0.3, 0.4) is 0 Å². The van der Waals surface area contributed by atoms with Gasteiger partial charge in [-0.05, 0) is 19.8 Å². The van der Waals surface area contributed by atoms with E-state index in [0.717, 1.165) is 6.42 Å². The van der Waals surface area contributed by atoms with Crippen molar-refractivity contribution in [2.24, 2.45) is 5.92 Å². The van der Waals surface area contributed by atoms with Crippen LogP contribution in [-0.2, 0) is 19.1 Å². The molecule has 2 N–H and O–H groups in total. The van der Waals surface area contributed by atoms with Gasteiger partial charge in [-0.15, -0.1) is 0 Å². The molecule has 0 radical (unpaired) electrons. The van der Waals surface area contributed by atoms with Crippen LogP contribution in [0.15, 0.2) is 12.2 Å². The largest absolute Gasteiger partial charge is 0.463 e. The fourth-order valence-electron chi connectivity index (χ4n) is 2.01. The highest BCUT2D eigenvalue weighted by Gasteiger charge is 2.26. The molecule has 0 saturated carbocycles. The molecule has 0 aromatic heterocycles. The third kappa shape index (κ3) is 5.54. The molecule has 0 aliphatic carbocycles. The Kier molecular flexibility index (Phi) is 6.05. The highest BCUT2D eigenvalue weighted by molar-refractivity contribution is 5.83. The average molecular weight is 268 g/mol. The van der Waals surface area contributed by atoms with Crippen LogP contribution in [0.2, 0.25) is 0 Å². The van der Waals surface area contributed by atoms with Crippen molar-refractivity contribution in [3.63, 3.8) is 0 Å². The van der Waals surface area contributed by atoms with E-state index in [1.807, 2.05) is 0 Å². The molecule has 6 heteroatoms. The van der Waals surface area contributed by atoms with E-state index in [4.69, 9.17) is 4.74 Å². The van der Waals surface area contributed by atoms with Crippen molar-refractivity contribution < 1.29 is 19.1 Å². The summed E-state index contributed by atoms with van der Waals surface area (Å²) in [6.07, 6.45) is 4.10. The van der Waals surface area contributed by atoms with Crippen molar-refractivity contribution in [3.8, 4) is 0 Å². The third-order valence-corrected chi connectivity index (χ3v) is 2.84. The molecule has 0 spiro atoms. The first kappa shape index (κ1) is 15.2. The molecule has 1 fully saturated rings. The smallest absolute Gasteiger partial charge is 0.330 e. The van der Waals surface area contributed by atoms with Gasteiger partial charge in [0.05, 0.1) is 6.61 Å². The van der Waals surface area contributed by atoms with Crippen molar-refractivity contribution in [3.05, 3.63) is 12.2 Å². The molecule has 19 heavy (non-hydrogen) atoms. The molecule has 106 valence electrons. The van der Waals surface area contributed by atoms with E-state index < -0.39 is 5.97 Å². The molecule has 1 heterocycles. The Hall–Kier alpha value is -1.85. The zero-order valence-corrected chi connectivity index (χ0v) is 11.3. The lowest BCUT2D eigenvalue weighted by Gasteiger charge is -2.16. The Balaban J connectivity index is 2.58. The van der Waals surface area contributed by atoms with Crippen LogP contribution >= 0.6 is 0 Å². The van der Waals surface area contributed by atoms with Crippen LogP contribution in [0.1, 0.15) is 26.7 Å². The summed E-state index contributed by atoms with van der Waals surface area (Å²) < 4.78 is 4.77. The fraction of sp³-hybridized carbons (Fsp3) is 0.615. The zero-order valence-electron chi connectivity index (χ0n) is 11.3. The summed E-state index contributed by atoms with van der Waals surface area (Å²) in [6, 6.07) is -0.337. The maximum Gasteiger partial charge on any atom is 0.330 e. The molecular weight excluding hydrogens is 248 g/mol. The first-order chi connectivity index (χ1) is 9.02. The second-order valence-electron chi connectivity index (χ2n) is 4.43. The Bertz CT molecular complexity index is 379. The summed E-state index contributed by atoms with van der Waals surface area (Å²) in [5.41, 5.74) is 0. The SMILES string of the molecule is CCOC(=O)/C=C/C(CC1CCNC1=O)NC(C)=O. The van der Waals surface area contributed by atoms with Crippen molar-refractivity contribution in [2.75, 3.05) is 13.2 Å². The van der Waals surface area contributed by atoms with Gasteiger partial charge in [0.2, 0.25) is 11.8 Å². The first-order valence-electron chi connectivity index (χ1n) is 6.42. The first-order valence-corrected chi connectivity index (χ1v) is 6.42. The van der Waals surface area contributed by atoms with E-state index >= 15 is 0 Å². The maximum atomic E-state index is 11.5.